The Morgan fingerprint density at radius 3 is 2.61 bits per heavy atom. The van der Waals surface area contributed by atoms with Gasteiger partial charge in [-0.3, -0.25) is 4.79 Å². The molecule has 1 amide bonds. The van der Waals surface area contributed by atoms with Crippen LogP contribution in [0, 0.1) is 0 Å². The SMILES string of the molecule is COc1cccc(C(=O)Nc2ccc(-c3cn4ccnc4c(NCc4ccccc4OC)n3)cc2)c1. The van der Waals surface area contributed by atoms with Gasteiger partial charge in [-0.05, 0) is 36.4 Å². The molecule has 5 aromatic rings. The lowest BCUT2D eigenvalue weighted by Gasteiger charge is -2.12. The normalized spacial score (nSPS) is 10.7. The summed E-state index contributed by atoms with van der Waals surface area (Å²) in [4.78, 5) is 21.9. The quantitative estimate of drug-likeness (QED) is 0.315. The third-order valence-electron chi connectivity index (χ3n) is 5.78. The molecule has 3 aromatic carbocycles. The van der Waals surface area contributed by atoms with Gasteiger partial charge < -0.3 is 24.5 Å². The monoisotopic (exact) mass is 479 g/mol. The maximum atomic E-state index is 12.6. The van der Waals surface area contributed by atoms with Gasteiger partial charge in [0, 0.05) is 47.5 Å². The van der Waals surface area contributed by atoms with E-state index in [1.54, 1.807) is 44.7 Å². The van der Waals surface area contributed by atoms with Gasteiger partial charge >= 0.3 is 0 Å². The molecule has 0 atom stereocenters. The van der Waals surface area contributed by atoms with Crippen molar-refractivity contribution in [2.75, 3.05) is 24.9 Å². The van der Waals surface area contributed by atoms with Gasteiger partial charge in [-0.2, -0.15) is 0 Å². The van der Waals surface area contributed by atoms with E-state index in [1.165, 1.54) is 0 Å². The van der Waals surface area contributed by atoms with E-state index in [0.29, 0.717) is 29.4 Å². The molecule has 0 aliphatic heterocycles. The van der Waals surface area contributed by atoms with E-state index < -0.39 is 0 Å². The number of para-hydroxylation sites is 1. The number of methoxy groups -OCH3 is 2. The number of carbonyl (C=O) groups excluding carboxylic acids is 1. The summed E-state index contributed by atoms with van der Waals surface area (Å²) in [7, 11) is 3.23. The third-order valence-corrected chi connectivity index (χ3v) is 5.78. The minimum absolute atomic E-state index is 0.206. The van der Waals surface area contributed by atoms with Crippen LogP contribution < -0.4 is 20.1 Å². The summed E-state index contributed by atoms with van der Waals surface area (Å²) in [6.45, 7) is 0.540. The van der Waals surface area contributed by atoms with E-state index in [9.17, 15) is 4.79 Å². The molecule has 36 heavy (non-hydrogen) atoms. The summed E-state index contributed by atoms with van der Waals surface area (Å²) < 4.78 is 12.6. The number of nitrogens with zero attached hydrogens (tertiary/aromatic N) is 3. The van der Waals surface area contributed by atoms with Gasteiger partial charge in [-0.15, -0.1) is 0 Å². The zero-order valence-corrected chi connectivity index (χ0v) is 19.9. The lowest BCUT2D eigenvalue weighted by atomic mass is 10.1. The molecule has 5 rings (SSSR count). The van der Waals surface area contributed by atoms with Gasteiger partial charge in [0.2, 0.25) is 0 Å². The number of fused-ring (bicyclic) bond motifs is 1. The second kappa shape index (κ2) is 10.2. The molecule has 0 radical (unpaired) electrons. The number of imidazole rings is 1. The molecule has 8 nitrogen and oxygen atoms in total. The molecule has 0 aliphatic carbocycles. The zero-order valence-electron chi connectivity index (χ0n) is 19.9. The van der Waals surface area contributed by atoms with Crippen LogP contribution in [0.1, 0.15) is 15.9 Å². The van der Waals surface area contributed by atoms with Gasteiger partial charge in [0.25, 0.3) is 5.91 Å². The summed E-state index contributed by atoms with van der Waals surface area (Å²) in [5, 5.41) is 6.32. The van der Waals surface area contributed by atoms with Crippen molar-refractivity contribution < 1.29 is 14.3 Å². The Morgan fingerprint density at radius 1 is 0.972 bits per heavy atom. The molecule has 8 heteroatoms. The van der Waals surface area contributed by atoms with Crippen LogP contribution >= 0.6 is 0 Å². The molecule has 0 saturated heterocycles. The molecule has 0 unspecified atom stereocenters. The number of carbonyl (C=O) groups is 1. The van der Waals surface area contributed by atoms with Crippen LogP contribution in [0.3, 0.4) is 0 Å². The van der Waals surface area contributed by atoms with Crippen LogP contribution in [-0.2, 0) is 6.54 Å². The van der Waals surface area contributed by atoms with E-state index in [2.05, 4.69) is 15.6 Å². The zero-order chi connectivity index (χ0) is 24.9. The summed E-state index contributed by atoms with van der Waals surface area (Å²) >= 11 is 0. The number of anilines is 2. The Morgan fingerprint density at radius 2 is 1.81 bits per heavy atom. The molecule has 180 valence electrons. The number of benzene rings is 3. The average Bonchev–Trinajstić information content (AvgIpc) is 3.41. The Bertz CT molecular complexity index is 1510. The first kappa shape index (κ1) is 22.9. The van der Waals surface area contributed by atoms with Crippen molar-refractivity contribution in [3.63, 3.8) is 0 Å². The molecule has 2 N–H and O–H groups in total. The lowest BCUT2D eigenvalue weighted by molar-refractivity contribution is 0.102. The molecular weight excluding hydrogens is 454 g/mol. The molecule has 0 fully saturated rings. The van der Waals surface area contributed by atoms with E-state index >= 15 is 0 Å². The highest BCUT2D eigenvalue weighted by molar-refractivity contribution is 6.04. The van der Waals surface area contributed by atoms with Gasteiger partial charge in [-0.1, -0.05) is 36.4 Å². The highest BCUT2D eigenvalue weighted by Crippen LogP contribution is 2.25. The topological polar surface area (TPSA) is 89.8 Å². The van der Waals surface area contributed by atoms with E-state index in [4.69, 9.17) is 14.5 Å². The van der Waals surface area contributed by atoms with E-state index in [1.807, 2.05) is 65.3 Å². The number of hydrogen-bond acceptors (Lipinski definition) is 6. The molecule has 2 aromatic heterocycles. The first-order valence-corrected chi connectivity index (χ1v) is 11.4. The van der Waals surface area contributed by atoms with E-state index in [0.717, 1.165) is 28.2 Å². The van der Waals surface area contributed by atoms with Gasteiger partial charge in [0.1, 0.15) is 11.5 Å². The Hall–Kier alpha value is -4.85. The molecule has 0 spiro atoms. The number of aromatic nitrogens is 3. The van der Waals surface area contributed by atoms with Crippen molar-refractivity contribution in [2.45, 2.75) is 6.54 Å². The fourth-order valence-electron chi connectivity index (χ4n) is 3.91. The van der Waals surface area contributed by atoms with Crippen molar-refractivity contribution in [3.8, 4) is 22.8 Å². The fourth-order valence-corrected chi connectivity index (χ4v) is 3.91. The number of nitrogens with one attached hydrogen (secondary N) is 2. The number of hydrogen-bond donors (Lipinski definition) is 2. The fraction of sp³-hybridized carbons (Fsp3) is 0.107. The minimum Gasteiger partial charge on any atom is -0.497 e. The summed E-state index contributed by atoms with van der Waals surface area (Å²) in [6, 6.07) is 22.5. The second-order valence-electron chi connectivity index (χ2n) is 8.06. The van der Waals surface area contributed by atoms with Gasteiger partial charge in [0.15, 0.2) is 11.5 Å². The average molecular weight is 480 g/mol. The van der Waals surface area contributed by atoms with Crippen LogP contribution in [0.2, 0.25) is 0 Å². The largest absolute Gasteiger partial charge is 0.497 e. The third kappa shape index (κ3) is 4.83. The Balaban J connectivity index is 1.36. The van der Waals surface area contributed by atoms with Gasteiger partial charge in [0.05, 0.1) is 19.9 Å². The number of ether oxygens (including phenoxy) is 2. The Kier molecular flexibility index (Phi) is 6.48. The molecular formula is C28H25N5O3. The van der Waals surface area contributed by atoms with Crippen LogP contribution in [0.4, 0.5) is 11.5 Å². The molecule has 0 aliphatic rings. The maximum absolute atomic E-state index is 12.6. The number of rotatable bonds is 8. The van der Waals surface area contributed by atoms with E-state index in [-0.39, 0.29) is 5.91 Å². The minimum atomic E-state index is -0.206. The predicted octanol–water partition coefficient (Wildman–Crippen LogP) is 5.28. The van der Waals surface area contributed by atoms with Crippen LogP contribution in [0.15, 0.2) is 91.4 Å². The standard InChI is InChI=1S/C28H25N5O3/c1-35-23-8-5-7-20(16-23)28(34)31-22-12-10-19(11-13-22)24-18-33-15-14-29-27(33)26(32-24)30-17-21-6-3-4-9-25(21)36-2/h3-16,18H,17H2,1-2H3,(H,30,32)(H,31,34). The maximum Gasteiger partial charge on any atom is 0.255 e. The first-order valence-electron chi connectivity index (χ1n) is 11.4. The van der Waals surface area contributed by atoms with Crippen molar-refractivity contribution >= 4 is 23.1 Å². The van der Waals surface area contributed by atoms with Crippen molar-refractivity contribution in [2.24, 2.45) is 0 Å². The van der Waals surface area contributed by atoms with Crippen LogP contribution in [0.5, 0.6) is 11.5 Å². The predicted molar refractivity (Wildman–Crippen MR) is 140 cm³/mol. The first-order chi connectivity index (χ1) is 17.6. The van der Waals surface area contributed by atoms with Crippen LogP contribution in [0.25, 0.3) is 16.9 Å². The van der Waals surface area contributed by atoms with Crippen LogP contribution in [-0.4, -0.2) is 34.5 Å². The molecule has 0 bridgehead atoms. The second-order valence-corrected chi connectivity index (χ2v) is 8.06. The van der Waals surface area contributed by atoms with Crippen molar-refractivity contribution in [1.82, 2.24) is 14.4 Å². The number of amides is 1. The lowest BCUT2D eigenvalue weighted by Crippen LogP contribution is -2.11. The summed E-state index contributed by atoms with van der Waals surface area (Å²) in [5.41, 5.74) is 4.64. The van der Waals surface area contributed by atoms with Crippen molar-refractivity contribution in [3.05, 3.63) is 103 Å². The Labute approximate surface area is 208 Å². The van der Waals surface area contributed by atoms with Gasteiger partial charge in [-0.25, -0.2) is 9.97 Å². The molecule has 2 heterocycles. The highest BCUT2D eigenvalue weighted by atomic mass is 16.5. The smallest absolute Gasteiger partial charge is 0.255 e. The van der Waals surface area contributed by atoms with Crippen molar-refractivity contribution in [1.29, 1.82) is 0 Å². The summed E-state index contributed by atoms with van der Waals surface area (Å²) in [6.07, 6.45) is 5.56. The highest BCUT2D eigenvalue weighted by Gasteiger charge is 2.12. The molecule has 0 saturated carbocycles. The summed E-state index contributed by atoms with van der Waals surface area (Å²) in [5.74, 6) is 1.91.